The molecule has 2 aromatic heterocycles. The second-order valence-electron chi connectivity index (χ2n) is 9.74. The smallest absolute Gasteiger partial charge is 0.278 e. The molecule has 1 N–H and O–H groups in total. The maximum atomic E-state index is 13.2. The summed E-state index contributed by atoms with van der Waals surface area (Å²) in [4.78, 5) is 40.4. The van der Waals surface area contributed by atoms with Crippen molar-refractivity contribution in [3.8, 4) is 5.69 Å². The summed E-state index contributed by atoms with van der Waals surface area (Å²) >= 11 is 0. The van der Waals surface area contributed by atoms with Crippen molar-refractivity contribution < 1.29 is 4.79 Å². The van der Waals surface area contributed by atoms with E-state index in [4.69, 9.17) is 4.98 Å². The number of nitrogens with zero attached hydrogens (tertiary/aromatic N) is 7. The molecule has 2 aromatic carbocycles. The molecule has 1 saturated heterocycles. The van der Waals surface area contributed by atoms with Crippen molar-refractivity contribution in [2.24, 2.45) is 0 Å². The van der Waals surface area contributed by atoms with Crippen molar-refractivity contribution in [2.75, 3.05) is 51.0 Å². The molecular formula is C28H32N8O2. The van der Waals surface area contributed by atoms with Crippen molar-refractivity contribution in [3.63, 3.8) is 0 Å². The first-order chi connectivity index (χ1) is 18.3. The van der Waals surface area contributed by atoms with Crippen molar-refractivity contribution in [1.82, 2.24) is 29.1 Å². The molecule has 1 amide bonds. The second-order valence-corrected chi connectivity index (χ2v) is 9.74. The Hall–Kier alpha value is -4.44. The number of amides is 1. The predicted octanol–water partition coefficient (Wildman–Crippen LogP) is 2.85. The van der Waals surface area contributed by atoms with Gasteiger partial charge in [0.2, 0.25) is 11.9 Å². The van der Waals surface area contributed by atoms with E-state index in [2.05, 4.69) is 38.8 Å². The molecule has 10 nitrogen and oxygen atoms in total. The average molecular weight is 513 g/mol. The fourth-order valence-corrected chi connectivity index (χ4v) is 4.65. The van der Waals surface area contributed by atoms with Crippen molar-refractivity contribution >= 4 is 34.3 Å². The molecule has 38 heavy (non-hydrogen) atoms. The van der Waals surface area contributed by atoms with Crippen LogP contribution in [-0.4, -0.2) is 75.8 Å². The normalized spacial score (nSPS) is 13.9. The van der Waals surface area contributed by atoms with Crippen LogP contribution in [0, 0.1) is 0 Å². The van der Waals surface area contributed by atoms with Gasteiger partial charge < -0.3 is 20.0 Å². The molecule has 4 aromatic rings. The molecule has 3 heterocycles. The van der Waals surface area contributed by atoms with Crippen molar-refractivity contribution in [1.29, 1.82) is 0 Å². The Bertz CT molecular complexity index is 1540. The van der Waals surface area contributed by atoms with Crippen LogP contribution >= 0.6 is 0 Å². The highest BCUT2D eigenvalue weighted by Crippen LogP contribution is 2.23. The maximum absolute atomic E-state index is 13.2. The number of allylic oxidation sites excluding steroid dienone is 1. The van der Waals surface area contributed by atoms with Crippen molar-refractivity contribution in [2.45, 2.75) is 13.1 Å². The number of benzene rings is 2. The summed E-state index contributed by atoms with van der Waals surface area (Å²) in [5.74, 6) is 0.496. The van der Waals surface area contributed by atoms with E-state index in [0.29, 0.717) is 36.6 Å². The Morgan fingerprint density at radius 2 is 1.87 bits per heavy atom. The van der Waals surface area contributed by atoms with Gasteiger partial charge in [0.15, 0.2) is 5.65 Å². The number of hydrogen-bond donors (Lipinski definition) is 1. The van der Waals surface area contributed by atoms with Gasteiger partial charge >= 0.3 is 0 Å². The predicted molar refractivity (Wildman–Crippen MR) is 150 cm³/mol. The average Bonchev–Trinajstić information content (AvgIpc) is 3.17. The summed E-state index contributed by atoms with van der Waals surface area (Å²) in [6, 6.07) is 15.9. The van der Waals surface area contributed by atoms with E-state index in [9.17, 15) is 9.59 Å². The molecule has 196 valence electrons. The van der Waals surface area contributed by atoms with Gasteiger partial charge in [0.05, 0.1) is 18.8 Å². The highest BCUT2D eigenvalue weighted by molar-refractivity contribution is 5.83. The quantitative estimate of drug-likeness (QED) is 0.363. The van der Waals surface area contributed by atoms with Gasteiger partial charge in [-0.2, -0.15) is 4.98 Å². The molecule has 0 saturated carbocycles. The summed E-state index contributed by atoms with van der Waals surface area (Å²) < 4.78 is 3.45. The fourth-order valence-electron chi connectivity index (χ4n) is 4.65. The van der Waals surface area contributed by atoms with Crippen LogP contribution in [-0.2, 0) is 17.9 Å². The Balaban J connectivity index is 1.47. The van der Waals surface area contributed by atoms with Gasteiger partial charge in [0, 0.05) is 44.3 Å². The molecule has 0 unspecified atom stereocenters. The molecule has 0 aliphatic carbocycles. The Kier molecular flexibility index (Phi) is 6.97. The molecule has 0 atom stereocenters. The first-order valence-corrected chi connectivity index (χ1v) is 12.5. The van der Waals surface area contributed by atoms with Crippen LogP contribution in [0.2, 0.25) is 0 Å². The van der Waals surface area contributed by atoms with E-state index < -0.39 is 0 Å². The number of aromatic nitrogens is 4. The number of likely N-dealkylation sites (N-methyl/N-ethyl adjacent to an activating group) is 1. The largest absolute Gasteiger partial charge is 0.360 e. The number of nitrogens with one attached hydrogen (secondary N) is 1. The van der Waals surface area contributed by atoms with Crippen LogP contribution in [0.4, 0.5) is 17.3 Å². The van der Waals surface area contributed by atoms with E-state index in [-0.39, 0.29) is 11.5 Å². The van der Waals surface area contributed by atoms with Crippen LogP contribution in [0.3, 0.4) is 0 Å². The topological polar surface area (TPSA) is 91.5 Å². The van der Waals surface area contributed by atoms with E-state index in [0.717, 1.165) is 35.7 Å². The van der Waals surface area contributed by atoms with Gasteiger partial charge in [-0.15, -0.1) is 6.58 Å². The minimum absolute atomic E-state index is 0.113. The van der Waals surface area contributed by atoms with Crippen LogP contribution in [0.1, 0.15) is 5.56 Å². The SMILES string of the molecule is C=CCn1c(=O)c2cnc(Nc3ccc(N4CCN(C)C(=O)C4)cc3)nc2n1-c1cccc(CN(C)C)c1. The lowest BCUT2D eigenvalue weighted by Crippen LogP contribution is -2.48. The number of fused-ring (bicyclic) bond motifs is 1. The van der Waals surface area contributed by atoms with E-state index in [1.807, 2.05) is 62.2 Å². The van der Waals surface area contributed by atoms with Crippen LogP contribution in [0.25, 0.3) is 16.7 Å². The van der Waals surface area contributed by atoms with Crippen LogP contribution < -0.4 is 15.8 Å². The zero-order valence-electron chi connectivity index (χ0n) is 22.0. The number of rotatable bonds is 8. The number of anilines is 3. The van der Waals surface area contributed by atoms with Gasteiger partial charge in [-0.1, -0.05) is 18.2 Å². The maximum Gasteiger partial charge on any atom is 0.278 e. The summed E-state index contributed by atoms with van der Waals surface area (Å²) in [7, 11) is 5.87. The van der Waals surface area contributed by atoms with Gasteiger partial charge in [-0.05, 0) is 56.1 Å². The molecule has 1 aliphatic heterocycles. The summed E-state index contributed by atoms with van der Waals surface area (Å²) in [5.41, 5.74) is 4.11. The van der Waals surface area contributed by atoms with E-state index in [1.165, 1.54) is 0 Å². The number of hydrogen-bond acceptors (Lipinski definition) is 7. The number of piperazine rings is 1. The van der Waals surface area contributed by atoms with E-state index >= 15 is 0 Å². The highest BCUT2D eigenvalue weighted by Gasteiger charge is 2.21. The Morgan fingerprint density at radius 1 is 1.08 bits per heavy atom. The molecule has 0 spiro atoms. The lowest BCUT2D eigenvalue weighted by atomic mass is 10.2. The fraction of sp³-hybridized carbons (Fsp3) is 0.286. The molecule has 5 rings (SSSR count). The standard InChI is InChI=1S/C28H32N8O2/c1-5-13-35-27(38)24-17-29-28(31-26(24)36(35)23-8-6-7-20(16-23)18-32(2)3)30-21-9-11-22(12-10-21)34-15-14-33(4)25(37)19-34/h5-12,16-17H,1,13-15,18-19H2,2-4H3,(H,29,30,31). The van der Waals surface area contributed by atoms with Gasteiger partial charge in [0.1, 0.15) is 5.39 Å². The first kappa shape index (κ1) is 25.2. The monoisotopic (exact) mass is 512 g/mol. The number of carbonyl (C=O) groups excluding carboxylic acids is 1. The molecule has 1 fully saturated rings. The highest BCUT2D eigenvalue weighted by atomic mass is 16.2. The van der Waals surface area contributed by atoms with Gasteiger partial charge in [0.25, 0.3) is 5.56 Å². The zero-order valence-corrected chi connectivity index (χ0v) is 22.0. The molecule has 0 bridgehead atoms. The van der Waals surface area contributed by atoms with Gasteiger partial charge in [-0.25, -0.2) is 14.3 Å². The first-order valence-electron chi connectivity index (χ1n) is 12.5. The van der Waals surface area contributed by atoms with E-state index in [1.54, 1.807) is 21.9 Å². The molecule has 10 heteroatoms. The Morgan fingerprint density at radius 3 is 2.58 bits per heavy atom. The number of carbonyl (C=O) groups is 1. The minimum Gasteiger partial charge on any atom is -0.360 e. The van der Waals surface area contributed by atoms with Crippen molar-refractivity contribution in [3.05, 3.63) is 83.3 Å². The third-order valence-corrected chi connectivity index (χ3v) is 6.58. The zero-order chi connectivity index (χ0) is 26.8. The van der Waals surface area contributed by atoms with Crippen LogP contribution in [0.15, 0.2) is 72.2 Å². The lowest BCUT2D eigenvalue weighted by molar-refractivity contribution is -0.129. The second kappa shape index (κ2) is 10.5. The van der Waals surface area contributed by atoms with Gasteiger partial charge in [-0.3, -0.25) is 9.59 Å². The Labute approximate surface area is 221 Å². The minimum atomic E-state index is -0.171. The lowest BCUT2D eigenvalue weighted by Gasteiger charge is -2.33. The summed E-state index contributed by atoms with van der Waals surface area (Å²) in [6.45, 7) is 6.82. The molecule has 1 aliphatic rings. The third kappa shape index (κ3) is 5.03. The molecular weight excluding hydrogens is 480 g/mol. The third-order valence-electron chi connectivity index (χ3n) is 6.58. The summed E-state index contributed by atoms with van der Waals surface area (Å²) in [6.07, 6.45) is 3.26. The summed E-state index contributed by atoms with van der Waals surface area (Å²) in [5, 5.41) is 3.69. The van der Waals surface area contributed by atoms with Crippen LogP contribution in [0.5, 0.6) is 0 Å². The molecule has 0 radical (unpaired) electrons.